The summed E-state index contributed by atoms with van der Waals surface area (Å²) in [5.74, 6) is 0.361. The lowest BCUT2D eigenvalue weighted by atomic mass is 10.1. The molecule has 3 aliphatic rings. The van der Waals surface area contributed by atoms with Gasteiger partial charge in [-0.1, -0.05) is 12.1 Å². The molecule has 0 spiro atoms. The Morgan fingerprint density at radius 3 is 2.81 bits per heavy atom. The minimum Gasteiger partial charge on any atom is -0.349 e. The highest BCUT2D eigenvalue weighted by Crippen LogP contribution is 2.27. The number of nitrogens with one attached hydrogen (secondary N) is 1. The molecule has 9 heteroatoms. The number of benzene rings is 1. The molecule has 0 aromatic heterocycles. The second-order valence-corrected chi connectivity index (χ2v) is 8.58. The van der Waals surface area contributed by atoms with Gasteiger partial charge in [-0.15, -0.1) is 16.8 Å². The fourth-order valence-corrected chi connectivity index (χ4v) is 5.16. The van der Waals surface area contributed by atoms with E-state index < -0.39 is 10.0 Å². The molecule has 26 heavy (non-hydrogen) atoms. The molecule has 3 aliphatic heterocycles. The zero-order valence-corrected chi connectivity index (χ0v) is 16.2. The molecule has 2 unspecified atom stereocenters. The average molecular weight is 399 g/mol. The van der Waals surface area contributed by atoms with Crippen LogP contribution in [0.4, 0.5) is 0 Å². The number of amidine groups is 1. The number of rotatable bonds is 2. The summed E-state index contributed by atoms with van der Waals surface area (Å²) in [6, 6.07) is 7.65. The van der Waals surface area contributed by atoms with Crippen molar-refractivity contribution in [2.75, 3.05) is 26.7 Å². The molecule has 4 rings (SSSR count). The van der Waals surface area contributed by atoms with Crippen LogP contribution in [0.5, 0.6) is 0 Å². The smallest absolute Gasteiger partial charge is 0.285 e. The van der Waals surface area contributed by atoms with Gasteiger partial charge in [-0.25, -0.2) is 0 Å². The number of sulfonamides is 1. The molecule has 142 valence electrons. The molecule has 2 saturated heterocycles. The van der Waals surface area contributed by atoms with Crippen molar-refractivity contribution in [3.8, 4) is 0 Å². The number of likely N-dealkylation sites (tertiary alicyclic amines) is 1. The summed E-state index contributed by atoms with van der Waals surface area (Å²) in [6.45, 7) is 1.60. The molecule has 2 fully saturated rings. The van der Waals surface area contributed by atoms with Crippen molar-refractivity contribution in [1.29, 1.82) is 0 Å². The van der Waals surface area contributed by atoms with Crippen molar-refractivity contribution in [2.24, 2.45) is 4.40 Å². The lowest BCUT2D eigenvalue weighted by Crippen LogP contribution is -2.44. The van der Waals surface area contributed by atoms with Crippen LogP contribution in [0, 0.1) is 0 Å². The number of hydrogen-bond acceptors (Lipinski definition) is 5. The third-order valence-corrected chi connectivity index (χ3v) is 6.55. The quantitative estimate of drug-likeness (QED) is 0.798. The monoisotopic (exact) mass is 398 g/mol. The number of halogens is 1. The Hall–Kier alpha value is -1.64. The van der Waals surface area contributed by atoms with Crippen molar-refractivity contribution >= 4 is 34.2 Å². The second-order valence-electron chi connectivity index (χ2n) is 7.01. The van der Waals surface area contributed by atoms with E-state index in [0.717, 1.165) is 25.9 Å². The van der Waals surface area contributed by atoms with Gasteiger partial charge < -0.3 is 15.1 Å². The van der Waals surface area contributed by atoms with Gasteiger partial charge >= 0.3 is 0 Å². The van der Waals surface area contributed by atoms with Crippen LogP contribution in [0.15, 0.2) is 33.6 Å². The van der Waals surface area contributed by atoms with Crippen LogP contribution in [0.2, 0.25) is 0 Å². The highest BCUT2D eigenvalue weighted by Gasteiger charge is 2.34. The van der Waals surface area contributed by atoms with Crippen LogP contribution in [0.25, 0.3) is 0 Å². The van der Waals surface area contributed by atoms with E-state index in [1.165, 1.54) is 6.42 Å². The Bertz CT molecular complexity index is 842. The van der Waals surface area contributed by atoms with Crippen molar-refractivity contribution in [3.05, 3.63) is 29.8 Å². The van der Waals surface area contributed by atoms with Gasteiger partial charge in [0.15, 0.2) is 5.84 Å². The summed E-state index contributed by atoms with van der Waals surface area (Å²) in [5.41, 5.74) is 0.564. The van der Waals surface area contributed by atoms with E-state index in [1.54, 1.807) is 36.2 Å². The van der Waals surface area contributed by atoms with Gasteiger partial charge in [0.1, 0.15) is 4.90 Å². The maximum absolute atomic E-state index is 12.7. The van der Waals surface area contributed by atoms with Crippen LogP contribution in [0.1, 0.15) is 24.8 Å². The molecule has 0 radical (unpaired) electrons. The first-order chi connectivity index (χ1) is 11.9. The number of carbonyl (C=O) groups is 1. The van der Waals surface area contributed by atoms with Crippen LogP contribution < -0.4 is 5.32 Å². The summed E-state index contributed by atoms with van der Waals surface area (Å²) < 4.78 is 28.2. The molecule has 1 aromatic carbocycles. The minimum absolute atomic E-state index is 0. The van der Waals surface area contributed by atoms with Crippen molar-refractivity contribution in [1.82, 2.24) is 15.1 Å². The molecule has 1 aromatic rings. The molecule has 1 N–H and O–H groups in total. The Labute approximate surface area is 159 Å². The standard InChI is InChI=1S/C17H22N4O3S.ClH/c1-20(17-14-4-2-3-5-15(14)25(23,24)19-17)11-16(22)21-9-8-12-6-7-13(10-21)18-12;/h2-5,12-13,18H,6-11H2,1H3;1H. The summed E-state index contributed by atoms with van der Waals surface area (Å²) in [7, 11) is -1.94. The average Bonchev–Trinajstić information content (AvgIpc) is 3.04. The molecule has 2 bridgehead atoms. The summed E-state index contributed by atoms with van der Waals surface area (Å²) >= 11 is 0. The third kappa shape index (κ3) is 3.45. The number of fused-ring (bicyclic) bond motifs is 3. The fraction of sp³-hybridized carbons (Fsp3) is 0.529. The summed E-state index contributed by atoms with van der Waals surface area (Å²) in [6.07, 6.45) is 3.28. The summed E-state index contributed by atoms with van der Waals surface area (Å²) in [4.78, 5) is 16.5. The molecular weight excluding hydrogens is 376 g/mol. The Balaban J connectivity index is 0.00000196. The number of carbonyl (C=O) groups excluding carboxylic acids is 1. The Morgan fingerprint density at radius 2 is 2.00 bits per heavy atom. The van der Waals surface area contributed by atoms with E-state index in [2.05, 4.69) is 9.71 Å². The van der Waals surface area contributed by atoms with E-state index in [9.17, 15) is 13.2 Å². The largest absolute Gasteiger partial charge is 0.349 e. The summed E-state index contributed by atoms with van der Waals surface area (Å²) in [5, 5.41) is 3.56. The van der Waals surface area contributed by atoms with E-state index in [1.807, 2.05) is 4.90 Å². The molecule has 7 nitrogen and oxygen atoms in total. The van der Waals surface area contributed by atoms with Crippen molar-refractivity contribution in [3.63, 3.8) is 0 Å². The molecule has 1 amide bonds. The number of hydrogen-bond donors (Lipinski definition) is 1. The maximum Gasteiger partial charge on any atom is 0.285 e. The highest BCUT2D eigenvalue weighted by molar-refractivity contribution is 7.90. The SMILES string of the molecule is CN(CC(=O)N1CCC2CCC(C1)N2)C1=NS(=O)(=O)c2ccccc21.Cl. The normalized spacial score (nSPS) is 25.7. The van der Waals surface area contributed by atoms with Crippen LogP contribution in [-0.2, 0) is 14.8 Å². The Morgan fingerprint density at radius 1 is 1.27 bits per heavy atom. The zero-order chi connectivity index (χ0) is 17.6. The molecular formula is C17H23ClN4O3S. The van der Waals surface area contributed by atoms with Gasteiger partial charge in [0.05, 0.1) is 6.54 Å². The van der Waals surface area contributed by atoms with E-state index >= 15 is 0 Å². The molecule has 2 atom stereocenters. The van der Waals surface area contributed by atoms with Crippen LogP contribution in [0.3, 0.4) is 0 Å². The highest BCUT2D eigenvalue weighted by atomic mass is 35.5. The zero-order valence-electron chi connectivity index (χ0n) is 14.6. The molecule has 3 heterocycles. The maximum atomic E-state index is 12.7. The van der Waals surface area contributed by atoms with Gasteiger partial charge in [-0.2, -0.15) is 8.42 Å². The lowest BCUT2D eigenvalue weighted by molar-refractivity contribution is -0.131. The number of amides is 1. The van der Waals surface area contributed by atoms with E-state index in [0.29, 0.717) is 23.5 Å². The predicted molar refractivity (Wildman–Crippen MR) is 101 cm³/mol. The minimum atomic E-state index is -3.66. The number of nitrogens with zero attached hydrogens (tertiary/aromatic N) is 3. The third-order valence-electron chi connectivity index (χ3n) is 5.22. The first kappa shape index (κ1) is 19.1. The van der Waals surface area contributed by atoms with Crippen LogP contribution in [-0.4, -0.2) is 68.7 Å². The molecule has 0 aliphatic carbocycles. The van der Waals surface area contributed by atoms with Gasteiger partial charge in [-0.05, 0) is 31.4 Å². The molecule has 0 saturated carbocycles. The predicted octanol–water partition coefficient (Wildman–Crippen LogP) is 0.842. The lowest BCUT2D eigenvalue weighted by Gasteiger charge is -2.27. The van der Waals surface area contributed by atoms with Crippen molar-refractivity contribution < 1.29 is 13.2 Å². The first-order valence-corrected chi connectivity index (χ1v) is 10.1. The van der Waals surface area contributed by atoms with Gasteiger partial charge in [0.2, 0.25) is 5.91 Å². The fourth-order valence-electron chi connectivity index (χ4n) is 3.91. The van der Waals surface area contributed by atoms with Crippen LogP contribution >= 0.6 is 12.4 Å². The van der Waals surface area contributed by atoms with Gasteiger partial charge in [-0.3, -0.25) is 4.79 Å². The number of likely N-dealkylation sites (N-methyl/N-ethyl adjacent to an activating group) is 1. The van der Waals surface area contributed by atoms with E-state index in [-0.39, 0.29) is 29.8 Å². The first-order valence-electron chi connectivity index (χ1n) is 8.63. The second kappa shape index (κ2) is 7.17. The van der Waals surface area contributed by atoms with Crippen molar-refractivity contribution in [2.45, 2.75) is 36.2 Å². The Kier molecular flexibility index (Phi) is 5.28. The topological polar surface area (TPSA) is 82.1 Å². The van der Waals surface area contributed by atoms with E-state index in [4.69, 9.17) is 0 Å². The van der Waals surface area contributed by atoms with Gasteiger partial charge in [0.25, 0.3) is 10.0 Å². The van der Waals surface area contributed by atoms with Gasteiger partial charge in [0, 0.05) is 37.8 Å².